The van der Waals surface area contributed by atoms with Gasteiger partial charge in [0, 0.05) is 18.8 Å². The number of hydrogen-bond donors (Lipinski definition) is 1. The second kappa shape index (κ2) is 6.50. The van der Waals surface area contributed by atoms with Crippen molar-refractivity contribution in [1.29, 1.82) is 0 Å². The molecule has 0 aliphatic heterocycles. The van der Waals surface area contributed by atoms with E-state index in [1.165, 1.54) is 5.56 Å². The summed E-state index contributed by atoms with van der Waals surface area (Å²) in [4.78, 5) is 0. The first kappa shape index (κ1) is 13.8. The van der Waals surface area contributed by atoms with Crippen molar-refractivity contribution in [3.05, 3.63) is 23.8 Å². The average molecular weight is 237 g/mol. The summed E-state index contributed by atoms with van der Waals surface area (Å²) in [7, 11) is 1.73. The van der Waals surface area contributed by atoms with E-state index in [0.29, 0.717) is 6.61 Å². The molecule has 0 saturated carbocycles. The molecule has 1 rings (SSSR count). The Bertz CT molecular complexity index is 352. The lowest BCUT2D eigenvalue weighted by molar-refractivity contribution is 0.106. The second-order valence-corrected chi connectivity index (χ2v) is 4.28. The maximum absolute atomic E-state index is 5.46. The van der Waals surface area contributed by atoms with Crippen LogP contribution in [0.2, 0.25) is 0 Å². The van der Waals surface area contributed by atoms with E-state index in [2.05, 4.69) is 38.2 Å². The third-order valence-corrected chi connectivity index (χ3v) is 2.97. The van der Waals surface area contributed by atoms with Gasteiger partial charge in [-0.25, -0.2) is 0 Å². The standard InChI is InChI=1S/C14H23NO2/c1-6-17-13-7-8-14(10(2)9-13)15-11(3)12(4)16-5/h7-9,11-12,15H,6H2,1-5H3. The number of nitrogens with one attached hydrogen (secondary N) is 1. The minimum Gasteiger partial charge on any atom is -0.494 e. The molecule has 0 aliphatic rings. The highest BCUT2D eigenvalue weighted by molar-refractivity contribution is 5.54. The molecule has 0 aromatic heterocycles. The fourth-order valence-electron chi connectivity index (χ4n) is 1.62. The highest BCUT2D eigenvalue weighted by atomic mass is 16.5. The number of rotatable bonds is 6. The van der Waals surface area contributed by atoms with E-state index in [9.17, 15) is 0 Å². The highest BCUT2D eigenvalue weighted by Crippen LogP contribution is 2.22. The van der Waals surface area contributed by atoms with E-state index in [-0.39, 0.29) is 12.1 Å². The van der Waals surface area contributed by atoms with Gasteiger partial charge in [0.2, 0.25) is 0 Å². The quantitative estimate of drug-likeness (QED) is 0.824. The third kappa shape index (κ3) is 3.93. The number of methoxy groups -OCH3 is 1. The lowest BCUT2D eigenvalue weighted by Crippen LogP contribution is -2.29. The molecule has 0 fully saturated rings. The summed E-state index contributed by atoms with van der Waals surface area (Å²) in [5, 5.41) is 3.45. The minimum atomic E-state index is 0.181. The van der Waals surface area contributed by atoms with Crippen molar-refractivity contribution in [2.75, 3.05) is 19.0 Å². The summed E-state index contributed by atoms with van der Waals surface area (Å²) in [6, 6.07) is 6.37. The lowest BCUT2D eigenvalue weighted by Gasteiger charge is -2.22. The van der Waals surface area contributed by atoms with Gasteiger partial charge in [0.15, 0.2) is 0 Å². The van der Waals surface area contributed by atoms with E-state index in [4.69, 9.17) is 9.47 Å². The summed E-state index contributed by atoms with van der Waals surface area (Å²) >= 11 is 0. The molecule has 2 unspecified atom stereocenters. The molecule has 1 aromatic rings. The SMILES string of the molecule is CCOc1ccc(NC(C)C(C)OC)c(C)c1. The first-order chi connectivity index (χ1) is 8.08. The van der Waals surface area contributed by atoms with E-state index >= 15 is 0 Å². The van der Waals surface area contributed by atoms with Crippen LogP contribution in [0, 0.1) is 6.92 Å². The summed E-state index contributed by atoms with van der Waals surface area (Å²) < 4.78 is 10.8. The van der Waals surface area contributed by atoms with Crippen molar-refractivity contribution in [3.8, 4) is 5.75 Å². The van der Waals surface area contributed by atoms with Crippen molar-refractivity contribution in [2.24, 2.45) is 0 Å². The molecular weight excluding hydrogens is 214 g/mol. The molecular formula is C14H23NO2. The van der Waals surface area contributed by atoms with Gasteiger partial charge in [-0.2, -0.15) is 0 Å². The predicted molar refractivity (Wildman–Crippen MR) is 71.9 cm³/mol. The first-order valence-corrected chi connectivity index (χ1v) is 6.11. The highest BCUT2D eigenvalue weighted by Gasteiger charge is 2.11. The van der Waals surface area contributed by atoms with Crippen LogP contribution in [0.3, 0.4) is 0 Å². The van der Waals surface area contributed by atoms with Crippen LogP contribution in [-0.4, -0.2) is 25.9 Å². The summed E-state index contributed by atoms with van der Waals surface area (Å²) in [5.74, 6) is 0.919. The molecule has 0 aliphatic carbocycles. The molecule has 3 nitrogen and oxygen atoms in total. The summed E-state index contributed by atoms with van der Waals surface area (Å²) in [6.07, 6.45) is 0.181. The van der Waals surface area contributed by atoms with Crippen LogP contribution < -0.4 is 10.1 Å². The first-order valence-electron chi connectivity index (χ1n) is 6.11. The van der Waals surface area contributed by atoms with E-state index in [1.807, 2.05) is 13.0 Å². The predicted octanol–water partition coefficient (Wildman–Crippen LogP) is 3.23. The summed E-state index contributed by atoms with van der Waals surface area (Å²) in [5.41, 5.74) is 2.32. The average Bonchev–Trinajstić information content (AvgIpc) is 2.31. The molecule has 0 heterocycles. The monoisotopic (exact) mass is 237 g/mol. The Labute approximate surface area is 104 Å². The molecule has 2 atom stereocenters. The van der Waals surface area contributed by atoms with Gasteiger partial charge in [0.25, 0.3) is 0 Å². The van der Waals surface area contributed by atoms with Crippen molar-refractivity contribution in [1.82, 2.24) is 0 Å². The van der Waals surface area contributed by atoms with Gasteiger partial charge in [-0.15, -0.1) is 0 Å². The van der Waals surface area contributed by atoms with Crippen LogP contribution >= 0.6 is 0 Å². The molecule has 3 heteroatoms. The molecule has 0 amide bonds. The molecule has 1 N–H and O–H groups in total. The van der Waals surface area contributed by atoms with E-state index in [0.717, 1.165) is 11.4 Å². The molecule has 0 spiro atoms. The zero-order chi connectivity index (χ0) is 12.8. The van der Waals surface area contributed by atoms with Crippen molar-refractivity contribution in [3.63, 3.8) is 0 Å². The zero-order valence-electron chi connectivity index (χ0n) is 11.4. The fraction of sp³-hybridized carbons (Fsp3) is 0.571. The molecule has 17 heavy (non-hydrogen) atoms. The van der Waals surface area contributed by atoms with Gasteiger partial charge >= 0.3 is 0 Å². The van der Waals surface area contributed by atoms with E-state index < -0.39 is 0 Å². The van der Waals surface area contributed by atoms with Gasteiger partial charge in [0.1, 0.15) is 5.75 Å². The third-order valence-electron chi connectivity index (χ3n) is 2.97. The minimum absolute atomic E-state index is 0.181. The number of aryl methyl sites for hydroxylation is 1. The van der Waals surface area contributed by atoms with Crippen LogP contribution in [-0.2, 0) is 4.74 Å². The Morgan fingerprint density at radius 3 is 2.53 bits per heavy atom. The molecule has 96 valence electrons. The zero-order valence-corrected chi connectivity index (χ0v) is 11.4. The van der Waals surface area contributed by atoms with Gasteiger partial charge in [-0.05, 0) is 51.5 Å². The van der Waals surface area contributed by atoms with Crippen LogP contribution in [0.25, 0.3) is 0 Å². The summed E-state index contributed by atoms with van der Waals surface area (Å²) in [6.45, 7) is 8.94. The molecule has 0 saturated heterocycles. The van der Waals surface area contributed by atoms with Crippen LogP contribution in [0.4, 0.5) is 5.69 Å². The maximum Gasteiger partial charge on any atom is 0.119 e. The Kier molecular flexibility index (Phi) is 5.29. The van der Waals surface area contributed by atoms with Gasteiger partial charge in [-0.1, -0.05) is 0 Å². The fourth-order valence-corrected chi connectivity index (χ4v) is 1.62. The lowest BCUT2D eigenvalue weighted by atomic mass is 10.1. The Morgan fingerprint density at radius 2 is 2.00 bits per heavy atom. The number of ether oxygens (including phenoxy) is 2. The van der Waals surface area contributed by atoms with Gasteiger partial charge in [-0.3, -0.25) is 0 Å². The number of hydrogen-bond acceptors (Lipinski definition) is 3. The van der Waals surface area contributed by atoms with Crippen LogP contribution in [0.15, 0.2) is 18.2 Å². The smallest absolute Gasteiger partial charge is 0.119 e. The largest absolute Gasteiger partial charge is 0.494 e. The Balaban J connectivity index is 2.72. The number of benzene rings is 1. The van der Waals surface area contributed by atoms with Crippen molar-refractivity contribution in [2.45, 2.75) is 39.8 Å². The topological polar surface area (TPSA) is 30.5 Å². The van der Waals surface area contributed by atoms with Crippen LogP contribution in [0.5, 0.6) is 5.75 Å². The van der Waals surface area contributed by atoms with Crippen molar-refractivity contribution < 1.29 is 9.47 Å². The molecule has 0 bridgehead atoms. The van der Waals surface area contributed by atoms with Crippen LogP contribution in [0.1, 0.15) is 26.3 Å². The maximum atomic E-state index is 5.46. The number of anilines is 1. The van der Waals surface area contributed by atoms with Gasteiger partial charge < -0.3 is 14.8 Å². The Morgan fingerprint density at radius 1 is 1.29 bits per heavy atom. The van der Waals surface area contributed by atoms with E-state index in [1.54, 1.807) is 7.11 Å². The molecule has 0 radical (unpaired) electrons. The normalized spacial score (nSPS) is 14.2. The second-order valence-electron chi connectivity index (χ2n) is 4.28. The molecule has 1 aromatic carbocycles. The van der Waals surface area contributed by atoms with Crippen molar-refractivity contribution >= 4 is 5.69 Å². The Hall–Kier alpha value is -1.22. The van der Waals surface area contributed by atoms with Gasteiger partial charge in [0.05, 0.1) is 12.7 Å².